The highest BCUT2D eigenvalue weighted by Crippen LogP contribution is 2.36. The molecular formula is C16H16F5N3O2S. The van der Waals surface area contributed by atoms with Crippen molar-refractivity contribution in [3.8, 4) is 10.4 Å². The zero-order valence-corrected chi connectivity index (χ0v) is 15.1. The fourth-order valence-corrected chi connectivity index (χ4v) is 3.06. The van der Waals surface area contributed by atoms with E-state index in [2.05, 4.69) is 15.3 Å². The van der Waals surface area contributed by atoms with Gasteiger partial charge in [0.1, 0.15) is 11.9 Å². The molecule has 0 unspecified atom stereocenters. The van der Waals surface area contributed by atoms with Crippen LogP contribution in [0.3, 0.4) is 0 Å². The van der Waals surface area contributed by atoms with E-state index in [-0.39, 0.29) is 34.3 Å². The van der Waals surface area contributed by atoms with Gasteiger partial charge in [-0.3, -0.25) is 0 Å². The lowest BCUT2D eigenvalue weighted by molar-refractivity contribution is -0.142. The number of carbonyl (C=O) groups excluding carboxylic acids is 1. The number of nitrogens with zero attached hydrogens (tertiary/aromatic N) is 2. The predicted molar refractivity (Wildman–Crippen MR) is 90.0 cm³/mol. The summed E-state index contributed by atoms with van der Waals surface area (Å²) in [6.07, 6.45) is -5.52. The van der Waals surface area contributed by atoms with Crippen molar-refractivity contribution in [3.63, 3.8) is 0 Å². The Balaban J connectivity index is 2.35. The van der Waals surface area contributed by atoms with E-state index in [1.807, 2.05) is 0 Å². The second-order valence-corrected chi connectivity index (χ2v) is 6.39. The van der Waals surface area contributed by atoms with E-state index in [9.17, 15) is 26.7 Å². The summed E-state index contributed by atoms with van der Waals surface area (Å²) >= 11 is 0.835. The molecule has 0 amide bonds. The van der Waals surface area contributed by atoms with Gasteiger partial charge in [-0.2, -0.15) is 13.2 Å². The third kappa shape index (κ3) is 5.12. The van der Waals surface area contributed by atoms with Gasteiger partial charge in [-0.15, -0.1) is 11.3 Å². The maximum atomic E-state index is 13.4. The standard InChI is InChI=1S/C16H16F5N3O2S/c1-3-11(16(19,20)21)24-12-5-8(13(17)18)9(6-22-12)10-7-23-14(27-10)15(25)26-4-2/h5-7,11,13H,3-4H2,1-2H3,(H,22,24)/t11-/m0/s1. The Kier molecular flexibility index (Phi) is 6.68. The third-order valence-corrected chi connectivity index (χ3v) is 4.53. The number of ether oxygens (including phenoxy) is 1. The molecule has 2 aromatic heterocycles. The van der Waals surface area contributed by atoms with Crippen LogP contribution in [0.2, 0.25) is 0 Å². The number of halogens is 5. The number of aromatic nitrogens is 2. The molecule has 2 heterocycles. The number of hydrogen-bond acceptors (Lipinski definition) is 6. The zero-order valence-electron chi connectivity index (χ0n) is 14.3. The topological polar surface area (TPSA) is 64.1 Å². The molecule has 27 heavy (non-hydrogen) atoms. The molecule has 0 saturated heterocycles. The molecule has 0 saturated carbocycles. The summed E-state index contributed by atoms with van der Waals surface area (Å²) in [6, 6.07) is -1.03. The van der Waals surface area contributed by atoms with Crippen molar-refractivity contribution in [1.29, 1.82) is 0 Å². The van der Waals surface area contributed by atoms with Crippen LogP contribution in [0.1, 0.15) is 42.1 Å². The Hall–Kier alpha value is -2.30. The molecule has 0 fully saturated rings. The quantitative estimate of drug-likeness (QED) is 0.511. The van der Waals surface area contributed by atoms with Crippen LogP contribution >= 0.6 is 11.3 Å². The smallest absolute Gasteiger partial charge is 0.408 e. The van der Waals surface area contributed by atoms with Crippen LogP contribution in [-0.4, -0.2) is 34.8 Å². The lowest BCUT2D eigenvalue weighted by atomic mass is 10.1. The maximum Gasteiger partial charge on any atom is 0.408 e. The molecule has 0 radical (unpaired) electrons. The van der Waals surface area contributed by atoms with Gasteiger partial charge in [0.2, 0.25) is 5.01 Å². The van der Waals surface area contributed by atoms with Crippen molar-refractivity contribution in [3.05, 3.63) is 29.0 Å². The average Bonchev–Trinajstić information content (AvgIpc) is 3.08. The summed E-state index contributed by atoms with van der Waals surface area (Å²) in [7, 11) is 0. The predicted octanol–water partition coefficient (Wildman–Crippen LogP) is 5.07. The summed E-state index contributed by atoms with van der Waals surface area (Å²) in [5, 5.41) is 2.11. The zero-order chi connectivity index (χ0) is 20.2. The van der Waals surface area contributed by atoms with Crippen LogP contribution in [0, 0.1) is 0 Å². The van der Waals surface area contributed by atoms with Crippen LogP contribution < -0.4 is 5.32 Å². The maximum absolute atomic E-state index is 13.4. The lowest BCUT2D eigenvalue weighted by Gasteiger charge is -2.21. The lowest BCUT2D eigenvalue weighted by Crippen LogP contribution is -2.35. The summed E-state index contributed by atoms with van der Waals surface area (Å²) < 4.78 is 70.3. The molecule has 11 heteroatoms. The Morgan fingerprint density at radius 1 is 1.26 bits per heavy atom. The molecule has 0 aromatic carbocycles. The molecular weight excluding hydrogens is 393 g/mol. The number of hydrogen-bond donors (Lipinski definition) is 1. The highest BCUT2D eigenvalue weighted by atomic mass is 32.1. The van der Waals surface area contributed by atoms with Gasteiger partial charge in [0, 0.05) is 23.5 Å². The molecule has 2 rings (SSSR count). The first-order chi connectivity index (χ1) is 12.7. The number of pyridine rings is 1. The van der Waals surface area contributed by atoms with Crippen LogP contribution in [0.25, 0.3) is 10.4 Å². The van der Waals surface area contributed by atoms with E-state index in [4.69, 9.17) is 4.74 Å². The number of rotatable bonds is 7. The number of anilines is 1. The van der Waals surface area contributed by atoms with Crippen LogP contribution in [0.5, 0.6) is 0 Å². The van der Waals surface area contributed by atoms with Crippen molar-refractivity contribution in [1.82, 2.24) is 9.97 Å². The monoisotopic (exact) mass is 409 g/mol. The van der Waals surface area contributed by atoms with Gasteiger partial charge in [-0.05, 0) is 19.4 Å². The summed E-state index contributed by atoms with van der Waals surface area (Å²) in [4.78, 5) is 19.5. The highest BCUT2D eigenvalue weighted by Gasteiger charge is 2.38. The first kappa shape index (κ1) is 21.0. The number of thiazole rings is 1. The van der Waals surface area contributed by atoms with Crippen molar-refractivity contribution in [2.75, 3.05) is 11.9 Å². The normalized spacial score (nSPS) is 12.9. The van der Waals surface area contributed by atoms with Gasteiger partial charge < -0.3 is 10.1 Å². The minimum atomic E-state index is -4.54. The molecule has 0 aliphatic rings. The highest BCUT2D eigenvalue weighted by molar-refractivity contribution is 7.16. The molecule has 0 spiro atoms. The first-order valence-electron chi connectivity index (χ1n) is 7.92. The summed E-state index contributed by atoms with van der Waals surface area (Å²) in [5.41, 5.74) is -0.521. The molecule has 5 nitrogen and oxygen atoms in total. The van der Waals surface area contributed by atoms with E-state index >= 15 is 0 Å². The largest absolute Gasteiger partial charge is 0.461 e. The van der Waals surface area contributed by atoms with E-state index in [0.29, 0.717) is 0 Å². The second kappa shape index (κ2) is 8.59. The summed E-state index contributed by atoms with van der Waals surface area (Å²) in [5.74, 6) is -0.997. The number of carbonyl (C=O) groups is 1. The van der Waals surface area contributed by atoms with Crippen LogP contribution in [0.4, 0.5) is 27.8 Å². The van der Waals surface area contributed by atoms with Crippen molar-refractivity contribution >= 4 is 23.1 Å². The van der Waals surface area contributed by atoms with Crippen molar-refractivity contribution < 1.29 is 31.5 Å². The molecule has 1 N–H and O–H groups in total. The van der Waals surface area contributed by atoms with Crippen LogP contribution in [-0.2, 0) is 4.74 Å². The first-order valence-corrected chi connectivity index (χ1v) is 8.73. The Morgan fingerprint density at radius 3 is 2.52 bits per heavy atom. The van der Waals surface area contributed by atoms with E-state index < -0.39 is 30.2 Å². The van der Waals surface area contributed by atoms with Gasteiger partial charge >= 0.3 is 12.1 Å². The molecule has 0 aliphatic heterocycles. The fourth-order valence-electron chi connectivity index (χ4n) is 2.22. The van der Waals surface area contributed by atoms with E-state index in [1.165, 1.54) is 13.1 Å². The third-order valence-electron chi connectivity index (χ3n) is 3.52. The molecule has 148 valence electrons. The minimum Gasteiger partial charge on any atom is -0.461 e. The minimum absolute atomic E-state index is 0.0105. The Morgan fingerprint density at radius 2 is 1.96 bits per heavy atom. The van der Waals surface area contributed by atoms with Gasteiger partial charge in [0.05, 0.1) is 11.5 Å². The van der Waals surface area contributed by atoms with E-state index in [0.717, 1.165) is 23.6 Å². The van der Waals surface area contributed by atoms with Gasteiger partial charge in [0.25, 0.3) is 6.43 Å². The van der Waals surface area contributed by atoms with E-state index in [1.54, 1.807) is 6.92 Å². The molecule has 1 atom stereocenters. The Labute approximate surface area is 155 Å². The van der Waals surface area contributed by atoms with Crippen molar-refractivity contribution in [2.45, 2.75) is 38.9 Å². The fraction of sp³-hybridized carbons (Fsp3) is 0.438. The second-order valence-electron chi connectivity index (χ2n) is 5.35. The average molecular weight is 409 g/mol. The van der Waals surface area contributed by atoms with Gasteiger partial charge in [-0.25, -0.2) is 23.5 Å². The number of nitrogens with one attached hydrogen (secondary N) is 1. The Bertz CT molecular complexity index is 795. The number of alkyl halides is 5. The SMILES string of the molecule is CCOC(=O)c1ncc(-c2cnc(N[C@@H](CC)C(F)(F)F)cc2C(F)F)s1. The molecule has 0 bridgehead atoms. The molecule has 0 aliphatic carbocycles. The molecule has 2 aromatic rings. The van der Waals surface area contributed by atoms with Crippen LogP contribution in [0.15, 0.2) is 18.5 Å². The number of esters is 1. The van der Waals surface area contributed by atoms with Gasteiger partial charge in [0.15, 0.2) is 0 Å². The van der Waals surface area contributed by atoms with Gasteiger partial charge in [-0.1, -0.05) is 6.92 Å². The summed E-state index contributed by atoms with van der Waals surface area (Å²) in [6.45, 7) is 3.07. The van der Waals surface area contributed by atoms with Crippen molar-refractivity contribution in [2.24, 2.45) is 0 Å².